The number of halogens is 1. The Kier molecular flexibility index (Phi) is 3.90. The molecule has 1 aromatic rings. The minimum Gasteiger partial charge on any atom is -0.229 e. The number of hydrogen-bond donors (Lipinski definition) is 0. The van der Waals surface area contributed by atoms with Crippen LogP contribution in [0, 0.1) is 0 Å². The van der Waals surface area contributed by atoms with Crippen LogP contribution in [0.5, 0.6) is 0 Å². The van der Waals surface area contributed by atoms with E-state index in [0.717, 1.165) is 21.4 Å². The Hall–Kier alpha value is 0.0400. The number of nitrogens with zero attached hydrogens (tertiary/aromatic N) is 1. The van der Waals surface area contributed by atoms with Crippen molar-refractivity contribution >= 4 is 47.1 Å². The Balaban J connectivity index is 2.24. The molecule has 1 unspecified atom stereocenters. The Morgan fingerprint density at radius 3 is 2.44 bits per heavy atom. The summed E-state index contributed by atoms with van der Waals surface area (Å²) in [6.07, 6.45) is 1.51. The van der Waals surface area contributed by atoms with Gasteiger partial charge in [-0.3, -0.25) is 0 Å². The summed E-state index contributed by atoms with van der Waals surface area (Å²) in [7, 11) is -6.74. The molecular formula is C9H12BrNO4S3. The number of rotatable bonds is 3. The highest BCUT2D eigenvalue weighted by Gasteiger charge is 2.37. The summed E-state index contributed by atoms with van der Waals surface area (Å²) in [6, 6.07) is 3.19. The quantitative estimate of drug-likeness (QED) is 0.800. The van der Waals surface area contributed by atoms with Crippen LogP contribution in [0.2, 0.25) is 0 Å². The van der Waals surface area contributed by atoms with E-state index < -0.39 is 25.1 Å². The van der Waals surface area contributed by atoms with Crippen molar-refractivity contribution in [2.24, 2.45) is 0 Å². The molecule has 2 rings (SSSR count). The molecule has 0 saturated carbocycles. The molecule has 1 aliphatic heterocycles. The summed E-state index contributed by atoms with van der Waals surface area (Å²) in [6.45, 7) is 0.312. The molecule has 1 saturated heterocycles. The third-order valence-corrected chi connectivity index (χ3v) is 8.41. The number of sulfone groups is 1. The predicted octanol–water partition coefficient (Wildman–Crippen LogP) is 1.32. The van der Waals surface area contributed by atoms with E-state index in [1.807, 2.05) is 0 Å². The van der Waals surface area contributed by atoms with Crippen molar-refractivity contribution in [1.82, 2.24) is 4.31 Å². The summed E-state index contributed by atoms with van der Waals surface area (Å²) >= 11 is 4.34. The molecule has 1 atom stereocenters. The van der Waals surface area contributed by atoms with Crippen LogP contribution in [0.4, 0.5) is 0 Å². The van der Waals surface area contributed by atoms with Gasteiger partial charge in [0, 0.05) is 19.3 Å². The second-order valence-corrected chi connectivity index (χ2v) is 11.1. The van der Waals surface area contributed by atoms with E-state index >= 15 is 0 Å². The lowest BCUT2D eigenvalue weighted by Gasteiger charge is -2.14. The van der Waals surface area contributed by atoms with Gasteiger partial charge in [0.2, 0.25) is 0 Å². The van der Waals surface area contributed by atoms with Gasteiger partial charge >= 0.3 is 0 Å². The molecule has 1 aliphatic rings. The molecule has 102 valence electrons. The van der Waals surface area contributed by atoms with Crippen LogP contribution in [0.3, 0.4) is 0 Å². The van der Waals surface area contributed by atoms with Gasteiger partial charge in [-0.25, -0.2) is 16.8 Å². The molecule has 1 aromatic heterocycles. The third-order valence-electron chi connectivity index (χ3n) is 2.86. The highest BCUT2D eigenvalue weighted by atomic mass is 79.9. The van der Waals surface area contributed by atoms with Crippen molar-refractivity contribution < 1.29 is 16.8 Å². The normalized spacial score (nSPS) is 22.4. The van der Waals surface area contributed by atoms with Crippen molar-refractivity contribution in [3.8, 4) is 0 Å². The molecule has 5 nitrogen and oxygen atoms in total. The van der Waals surface area contributed by atoms with Gasteiger partial charge in [-0.05, 0) is 34.5 Å². The first-order chi connectivity index (χ1) is 8.21. The molecule has 2 heterocycles. The third kappa shape index (κ3) is 2.79. The fourth-order valence-corrected chi connectivity index (χ4v) is 6.57. The summed E-state index contributed by atoms with van der Waals surface area (Å²) in [5, 5.41) is -0.587. The lowest BCUT2D eigenvalue weighted by molar-refractivity contribution is 0.478. The van der Waals surface area contributed by atoms with Crippen LogP contribution < -0.4 is 0 Å². The van der Waals surface area contributed by atoms with E-state index in [2.05, 4.69) is 15.9 Å². The number of sulfonamides is 1. The van der Waals surface area contributed by atoms with Crippen LogP contribution in [0.15, 0.2) is 20.1 Å². The van der Waals surface area contributed by atoms with Gasteiger partial charge in [0.1, 0.15) is 4.21 Å². The van der Waals surface area contributed by atoms with Gasteiger partial charge in [-0.2, -0.15) is 4.31 Å². The molecule has 1 fully saturated rings. The zero-order valence-electron chi connectivity index (χ0n) is 9.54. The first-order valence-electron chi connectivity index (χ1n) is 5.15. The first-order valence-corrected chi connectivity index (χ1v) is 10.2. The standard InChI is InChI=1S/C9H12BrNO4S3/c1-17(12,13)7-4-5-11(6-7)18(14,15)9-3-2-8(10)16-9/h2-3,7H,4-6H2,1H3. The maximum Gasteiger partial charge on any atom is 0.252 e. The summed E-state index contributed by atoms with van der Waals surface area (Å²) in [4.78, 5) is 0. The fourth-order valence-electron chi connectivity index (χ4n) is 1.83. The van der Waals surface area contributed by atoms with Crippen molar-refractivity contribution in [2.45, 2.75) is 15.9 Å². The number of hydrogen-bond acceptors (Lipinski definition) is 5. The molecule has 0 radical (unpaired) electrons. The number of thiophene rings is 1. The lowest BCUT2D eigenvalue weighted by Crippen LogP contribution is -2.31. The second kappa shape index (κ2) is 4.86. The van der Waals surface area contributed by atoms with Crippen LogP contribution in [-0.2, 0) is 19.9 Å². The van der Waals surface area contributed by atoms with Crippen LogP contribution >= 0.6 is 27.3 Å². The van der Waals surface area contributed by atoms with Gasteiger partial charge in [-0.1, -0.05) is 0 Å². The van der Waals surface area contributed by atoms with Crippen molar-refractivity contribution in [3.05, 3.63) is 15.9 Å². The largest absolute Gasteiger partial charge is 0.252 e. The van der Waals surface area contributed by atoms with E-state index in [1.54, 1.807) is 6.07 Å². The van der Waals surface area contributed by atoms with E-state index in [0.29, 0.717) is 6.42 Å². The zero-order chi connectivity index (χ0) is 13.6. The van der Waals surface area contributed by atoms with Crippen LogP contribution in [0.1, 0.15) is 6.42 Å². The molecule has 0 N–H and O–H groups in total. The van der Waals surface area contributed by atoms with Gasteiger partial charge in [0.25, 0.3) is 10.0 Å². The maximum atomic E-state index is 12.2. The second-order valence-electron chi connectivity index (χ2n) is 4.16. The topological polar surface area (TPSA) is 71.5 Å². The highest BCUT2D eigenvalue weighted by molar-refractivity contribution is 9.11. The van der Waals surface area contributed by atoms with Crippen LogP contribution in [0.25, 0.3) is 0 Å². The Morgan fingerprint density at radius 1 is 1.33 bits per heavy atom. The minimum atomic E-state index is -3.55. The average Bonchev–Trinajstić information content (AvgIpc) is 2.83. The Bertz CT molecular complexity index is 649. The highest BCUT2D eigenvalue weighted by Crippen LogP contribution is 2.30. The van der Waals surface area contributed by atoms with Gasteiger partial charge in [0.15, 0.2) is 9.84 Å². The average molecular weight is 374 g/mol. The van der Waals surface area contributed by atoms with E-state index in [1.165, 1.54) is 10.4 Å². The molecule has 0 bridgehead atoms. The van der Waals surface area contributed by atoms with Gasteiger partial charge in [-0.15, -0.1) is 11.3 Å². The summed E-state index contributed by atoms with van der Waals surface area (Å²) < 4.78 is 49.5. The summed E-state index contributed by atoms with van der Waals surface area (Å²) in [5.74, 6) is 0. The first kappa shape index (κ1) is 14.4. The molecule has 0 amide bonds. The fraction of sp³-hybridized carbons (Fsp3) is 0.556. The smallest absolute Gasteiger partial charge is 0.229 e. The van der Waals surface area contributed by atoms with E-state index in [9.17, 15) is 16.8 Å². The molecule has 9 heteroatoms. The predicted molar refractivity (Wildman–Crippen MR) is 74.0 cm³/mol. The monoisotopic (exact) mass is 373 g/mol. The SMILES string of the molecule is CS(=O)(=O)C1CCN(S(=O)(=O)c2ccc(Br)s2)C1. The van der Waals surface area contributed by atoms with Crippen molar-refractivity contribution in [2.75, 3.05) is 19.3 Å². The minimum absolute atomic E-state index is 0.0523. The Labute approximate surface area is 119 Å². The van der Waals surface area contributed by atoms with E-state index in [4.69, 9.17) is 0 Å². The molecule has 0 spiro atoms. The molecule has 18 heavy (non-hydrogen) atoms. The zero-order valence-corrected chi connectivity index (χ0v) is 13.6. The van der Waals surface area contributed by atoms with Crippen molar-refractivity contribution in [1.29, 1.82) is 0 Å². The molecule has 0 aliphatic carbocycles. The molecular weight excluding hydrogens is 362 g/mol. The Morgan fingerprint density at radius 2 is 2.00 bits per heavy atom. The molecule has 0 aromatic carbocycles. The lowest BCUT2D eigenvalue weighted by atomic mass is 10.4. The van der Waals surface area contributed by atoms with Gasteiger partial charge in [0.05, 0.1) is 9.04 Å². The maximum absolute atomic E-state index is 12.2. The van der Waals surface area contributed by atoms with Gasteiger partial charge < -0.3 is 0 Å². The van der Waals surface area contributed by atoms with Crippen LogP contribution in [-0.4, -0.2) is 45.7 Å². The summed E-state index contributed by atoms with van der Waals surface area (Å²) in [5.41, 5.74) is 0. The van der Waals surface area contributed by atoms with Crippen molar-refractivity contribution in [3.63, 3.8) is 0 Å². The van der Waals surface area contributed by atoms with E-state index in [-0.39, 0.29) is 17.3 Å².